The molecule has 2 rings (SSSR count). The molecule has 0 saturated carbocycles. The van der Waals surface area contributed by atoms with Crippen molar-refractivity contribution in [2.45, 2.75) is 20.5 Å². The number of hydrogen-bond acceptors (Lipinski definition) is 1. The molecule has 0 heterocycles. The molecule has 0 spiro atoms. The molecule has 2 aromatic rings. The maximum Gasteiger partial charge on any atom is 0.125 e. The molecule has 0 bridgehead atoms. The van der Waals surface area contributed by atoms with E-state index in [9.17, 15) is 0 Å². The third kappa shape index (κ3) is 2.98. The molecule has 18 heavy (non-hydrogen) atoms. The summed E-state index contributed by atoms with van der Waals surface area (Å²) in [5.41, 5.74) is 3.28. The highest BCUT2D eigenvalue weighted by atomic mass is 35.5. The minimum absolute atomic E-state index is 0.489. The van der Waals surface area contributed by atoms with E-state index >= 15 is 0 Å². The molecule has 94 valence electrons. The smallest absolute Gasteiger partial charge is 0.125 e. The summed E-state index contributed by atoms with van der Waals surface area (Å²) in [6, 6.07) is 11.6. The number of aryl methyl sites for hydroxylation is 2. The summed E-state index contributed by atoms with van der Waals surface area (Å²) in [5.74, 6) is 0.934. The molecule has 0 saturated heterocycles. The summed E-state index contributed by atoms with van der Waals surface area (Å²) in [6.07, 6.45) is 0. The van der Waals surface area contributed by atoms with Crippen LogP contribution in [0.2, 0.25) is 10.0 Å². The Kier molecular flexibility index (Phi) is 4.15. The first-order valence-corrected chi connectivity index (χ1v) is 6.46. The Hall–Kier alpha value is -1.18. The predicted molar refractivity (Wildman–Crippen MR) is 76.7 cm³/mol. The Balaban J connectivity index is 2.14. The molecule has 0 atom stereocenters. The van der Waals surface area contributed by atoms with E-state index in [-0.39, 0.29) is 0 Å². The lowest BCUT2D eigenvalue weighted by molar-refractivity contribution is 0.302. The van der Waals surface area contributed by atoms with E-state index in [4.69, 9.17) is 27.9 Å². The molecule has 2 aromatic carbocycles. The fourth-order valence-electron chi connectivity index (χ4n) is 1.81. The van der Waals surface area contributed by atoms with Crippen LogP contribution in [0.5, 0.6) is 5.75 Å². The second-order valence-electron chi connectivity index (χ2n) is 4.26. The van der Waals surface area contributed by atoms with Crippen LogP contribution < -0.4 is 4.74 Å². The maximum atomic E-state index is 5.97. The van der Waals surface area contributed by atoms with Crippen LogP contribution in [0, 0.1) is 13.8 Å². The quantitative estimate of drug-likeness (QED) is 0.752. The molecule has 0 aliphatic rings. The molecule has 0 fully saturated rings. The highest BCUT2D eigenvalue weighted by Gasteiger charge is 2.05. The van der Waals surface area contributed by atoms with Gasteiger partial charge in [-0.3, -0.25) is 0 Å². The standard InChI is InChI=1S/C15H14Cl2O/c1-10-4-3-5-11(2)15(10)18-9-12-6-7-13(16)14(17)8-12/h3-8H,9H2,1-2H3. The summed E-state index contributed by atoms with van der Waals surface area (Å²) in [7, 11) is 0. The van der Waals surface area contributed by atoms with E-state index in [1.807, 2.05) is 44.2 Å². The number of rotatable bonds is 3. The van der Waals surface area contributed by atoms with Crippen molar-refractivity contribution in [3.05, 3.63) is 63.1 Å². The second kappa shape index (κ2) is 5.64. The highest BCUT2D eigenvalue weighted by molar-refractivity contribution is 6.42. The van der Waals surface area contributed by atoms with E-state index in [1.165, 1.54) is 0 Å². The molecule has 3 heteroatoms. The molecule has 0 radical (unpaired) electrons. The van der Waals surface area contributed by atoms with Gasteiger partial charge in [-0.25, -0.2) is 0 Å². The molecule has 0 amide bonds. The van der Waals surface area contributed by atoms with Crippen molar-refractivity contribution in [3.8, 4) is 5.75 Å². The predicted octanol–water partition coefficient (Wildman–Crippen LogP) is 5.19. The van der Waals surface area contributed by atoms with Gasteiger partial charge in [-0.05, 0) is 42.7 Å². The second-order valence-corrected chi connectivity index (χ2v) is 5.07. The first-order valence-electron chi connectivity index (χ1n) is 5.71. The average Bonchev–Trinajstić information content (AvgIpc) is 2.33. The van der Waals surface area contributed by atoms with E-state index < -0.39 is 0 Å². The monoisotopic (exact) mass is 280 g/mol. The Morgan fingerprint density at radius 1 is 0.944 bits per heavy atom. The van der Waals surface area contributed by atoms with Crippen molar-refractivity contribution >= 4 is 23.2 Å². The first kappa shape index (κ1) is 13.3. The van der Waals surface area contributed by atoms with Crippen molar-refractivity contribution < 1.29 is 4.74 Å². The van der Waals surface area contributed by atoms with E-state index in [2.05, 4.69) is 0 Å². The zero-order chi connectivity index (χ0) is 13.1. The van der Waals surface area contributed by atoms with Crippen LogP contribution in [0.3, 0.4) is 0 Å². The van der Waals surface area contributed by atoms with Gasteiger partial charge in [0.25, 0.3) is 0 Å². The third-order valence-electron chi connectivity index (χ3n) is 2.78. The van der Waals surface area contributed by atoms with Gasteiger partial charge in [0.15, 0.2) is 0 Å². The summed E-state index contributed by atoms with van der Waals surface area (Å²) in [6.45, 7) is 4.57. The minimum Gasteiger partial charge on any atom is -0.488 e. The van der Waals surface area contributed by atoms with Gasteiger partial charge in [0, 0.05) is 0 Å². The fourth-order valence-corrected chi connectivity index (χ4v) is 2.13. The van der Waals surface area contributed by atoms with Crippen LogP contribution in [-0.4, -0.2) is 0 Å². The average molecular weight is 281 g/mol. The lowest BCUT2D eigenvalue weighted by atomic mass is 10.1. The maximum absolute atomic E-state index is 5.97. The SMILES string of the molecule is Cc1cccc(C)c1OCc1ccc(Cl)c(Cl)c1. The van der Waals surface area contributed by atoms with Gasteiger partial charge in [-0.1, -0.05) is 47.5 Å². The van der Waals surface area contributed by atoms with Crippen molar-refractivity contribution in [3.63, 3.8) is 0 Å². The summed E-state index contributed by atoms with van der Waals surface area (Å²) in [5, 5.41) is 1.12. The van der Waals surface area contributed by atoms with Crippen LogP contribution >= 0.6 is 23.2 Å². The highest BCUT2D eigenvalue weighted by Crippen LogP contribution is 2.26. The van der Waals surface area contributed by atoms with Gasteiger partial charge in [0.05, 0.1) is 10.0 Å². The van der Waals surface area contributed by atoms with Gasteiger partial charge in [0.1, 0.15) is 12.4 Å². The van der Waals surface area contributed by atoms with E-state index in [0.717, 1.165) is 22.4 Å². The number of halogens is 2. The van der Waals surface area contributed by atoms with Gasteiger partial charge >= 0.3 is 0 Å². The fraction of sp³-hybridized carbons (Fsp3) is 0.200. The number of para-hydroxylation sites is 1. The van der Waals surface area contributed by atoms with Crippen molar-refractivity contribution in [1.29, 1.82) is 0 Å². The van der Waals surface area contributed by atoms with E-state index in [0.29, 0.717) is 16.7 Å². The van der Waals surface area contributed by atoms with Crippen molar-refractivity contribution in [2.24, 2.45) is 0 Å². The Morgan fingerprint density at radius 3 is 2.22 bits per heavy atom. The minimum atomic E-state index is 0.489. The summed E-state index contributed by atoms with van der Waals surface area (Å²) in [4.78, 5) is 0. The first-order chi connectivity index (χ1) is 8.58. The van der Waals surface area contributed by atoms with Gasteiger partial charge in [-0.15, -0.1) is 0 Å². The van der Waals surface area contributed by atoms with E-state index in [1.54, 1.807) is 6.07 Å². The van der Waals surface area contributed by atoms with Crippen LogP contribution in [-0.2, 0) is 6.61 Å². The zero-order valence-electron chi connectivity index (χ0n) is 10.3. The number of benzene rings is 2. The normalized spacial score (nSPS) is 10.4. The van der Waals surface area contributed by atoms with Crippen LogP contribution in [0.15, 0.2) is 36.4 Å². The summed E-state index contributed by atoms with van der Waals surface area (Å²) >= 11 is 11.8. The van der Waals surface area contributed by atoms with Crippen LogP contribution in [0.4, 0.5) is 0 Å². The largest absolute Gasteiger partial charge is 0.488 e. The Morgan fingerprint density at radius 2 is 1.61 bits per heavy atom. The van der Waals surface area contributed by atoms with Gasteiger partial charge in [0.2, 0.25) is 0 Å². The number of hydrogen-bond donors (Lipinski definition) is 0. The molecular formula is C15H14Cl2O. The lowest BCUT2D eigenvalue weighted by Crippen LogP contribution is -1.98. The molecule has 0 aliphatic carbocycles. The summed E-state index contributed by atoms with van der Waals surface area (Å²) < 4.78 is 5.85. The zero-order valence-corrected chi connectivity index (χ0v) is 11.8. The molecule has 0 unspecified atom stereocenters. The topological polar surface area (TPSA) is 9.23 Å². The van der Waals surface area contributed by atoms with Crippen LogP contribution in [0.1, 0.15) is 16.7 Å². The van der Waals surface area contributed by atoms with Gasteiger partial charge < -0.3 is 4.74 Å². The molecule has 0 aliphatic heterocycles. The van der Waals surface area contributed by atoms with Crippen LogP contribution in [0.25, 0.3) is 0 Å². The number of ether oxygens (including phenoxy) is 1. The lowest BCUT2D eigenvalue weighted by Gasteiger charge is -2.12. The third-order valence-corrected chi connectivity index (χ3v) is 3.51. The van der Waals surface area contributed by atoms with Crippen molar-refractivity contribution in [2.75, 3.05) is 0 Å². The Labute approximate surface area is 117 Å². The van der Waals surface area contributed by atoms with Gasteiger partial charge in [-0.2, -0.15) is 0 Å². The molecule has 0 aromatic heterocycles. The molecule has 0 N–H and O–H groups in total. The van der Waals surface area contributed by atoms with Crippen molar-refractivity contribution in [1.82, 2.24) is 0 Å². The Bertz CT molecular complexity index is 544. The molecule has 1 nitrogen and oxygen atoms in total. The molecular weight excluding hydrogens is 267 g/mol.